The number of nitrogens with zero attached hydrogens (tertiary/aromatic N) is 3. The van der Waals surface area contributed by atoms with E-state index >= 15 is 0 Å². The SMILES string of the molecule is CC(C)(c1ccc(OCc2nc(N3CC4(COC4)C3)ncc2F)cc1)c1ccc(O[C@H]2C[C@@H](NC(=O)O)C2)cc1. The Morgan fingerprint density at radius 3 is 2.30 bits per heavy atom. The molecule has 10 heteroatoms. The summed E-state index contributed by atoms with van der Waals surface area (Å²) in [5.74, 6) is 1.45. The van der Waals surface area contributed by atoms with Crippen molar-refractivity contribution in [3.05, 3.63) is 77.4 Å². The fourth-order valence-corrected chi connectivity index (χ4v) is 5.51. The lowest BCUT2D eigenvalue weighted by atomic mass is 9.78. The molecule has 1 aliphatic carbocycles. The van der Waals surface area contributed by atoms with Crippen molar-refractivity contribution >= 4 is 12.0 Å². The number of aromatic nitrogens is 2. The molecule has 40 heavy (non-hydrogen) atoms. The predicted molar refractivity (Wildman–Crippen MR) is 145 cm³/mol. The maximum absolute atomic E-state index is 14.4. The van der Waals surface area contributed by atoms with Gasteiger partial charge in [-0.3, -0.25) is 0 Å². The molecule has 9 nitrogen and oxygen atoms in total. The third-order valence-electron chi connectivity index (χ3n) is 8.21. The van der Waals surface area contributed by atoms with Gasteiger partial charge in [0.1, 0.15) is 29.9 Å². The first-order valence-corrected chi connectivity index (χ1v) is 13.5. The Morgan fingerprint density at radius 2 is 1.73 bits per heavy atom. The van der Waals surface area contributed by atoms with Gasteiger partial charge in [0.05, 0.1) is 24.8 Å². The highest BCUT2D eigenvalue weighted by atomic mass is 19.1. The molecule has 2 aliphatic heterocycles. The van der Waals surface area contributed by atoms with Crippen LogP contribution in [0.4, 0.5) is 15.1 Å². The second-order valence-electron chi connectivity index (χ2n) is 11.6. The minimum absolute atomic E-state index is 0.0156. The van der Waals surface area contributed by atoms with Crippen LogP contribution in [0.25, 0.3) is 0 Å². The number of carboxylic acid groups (broad SMARTS) is 1. The van der Waals surface area contributed by atoms with E-state index in [1.807, 2.05) is 41.3 Å². The Hall–Kier alpha value is -3.92. The third kappa shape index (κ3) is 5.28. The minimum atomic E-state index is -0.997. The summed E-state index contributed by atoms with van der Waals surface area (Å²) in [6, 6.07) is 15.8. The summed E-state index contributed by atoms with van der Waals surface area (Å²) in [5.41, 5.74) is 2.43. The smallest absolute Gasteiger partial charge is 0.404 e. The first-order chi connectivity index (χ1) is 19.2. The van der Waals surface area contributed by atoms with E-state index in [1.165, 1.54) is 6.20 Å². The van der Waals surface area contributed by atoms with E-state index in [0.717, 1.165) is 43.2 Å². The second kappa shape index (κ2) is 10.2. The van der Waals surface area contributed by atoms with E-state index in [0.29, 0.717) is 24.5 Å². The van der Waals surface area contributed by atoms with Gasteiger partial charge in [-0.25, -0.2) is 19.2 Å². The zero-order valence-corrected chi connectivity index (χ0v) is 22.6. The number of hydrogen-bond donors (Lipinski definition) is 2. The Kier molecular flexibility index (Phi) is 6.74. The van der Waals surface area contributed by atoms with Crippen LogP contribution in [-0.4, -0.2) is 59.6 Å². The van der Waals surface area contributed by atoms with Crippen LogP contribution in [0.2, 0.25) is 0 Å². The second-order valence-corrected chi connectivity index (χ2v) is 11.6. The number of halogens is 1. The van der Waals surface area contributed by atoms with Crippen molar-refractivity contribution in [3.63, 3.8) is 0 Å². The summed E-state index contributed by atoms with van der Waals surface area (Å²) >= 11 is 0. The average Bonchev–Trinajstić information content (AvgIpc) is 2.86. The minimum Gasteiger partial charge on any atom is -0.490 e. The molecule has 210 valence electrons. The molecule has 0 unspecified atom stereocenters. The molecule has 1 saturated carbocycles. The van der Waals surface area contributed by atoms with Gasteiger partial charge < -0.3 is 29.5 Å². The zero-order valence-electron chi connectivity index (χ0n) is 22.6. The topological polar surface area (TPSA) is 106 Å². The Labute approximate surface area is 232 Å². The van der Waals surface area contributed by atoms with E-state index in [4.69, 9.17) is 19.3 Å². The highest BCUT2D eigenvalue weighted by molar-refractivity contribution is 5.65. The van der Waals surface area contributed by atoms with Crippen LogP contribution in [0.5, 0.6) is 11.5 Å². The van der Waals surface area contributed by atoms with Gasteiger partial charge in [-0.1, -0.05) is 38.1 Å². The highest BCUT2D eigenvalue weighted by Crippen LogP contribution is 2.39. The lowest BCUT2D eigenvalue weighted by Crippen LogP contribution is -2.66. The Balaban J connectivity index is 1.03. The van der Waals surface area contributed by atoms with Gasteiger partial charge in [-0.2, -0.15) is 0 Å². The number of nitrogens with one attached hydrogen (secondary N) is 1. The molecule has 2 saturated heterocycles. The summed E-state index contributed by atoms with van der Waals surface area (Å²) in [6.45, 7) is 7.52. The van der Waals surface area contributed by atoms with E-state index < -0.39 is 11.9 Å². The number of rotatable bonds is 9. The first-order valence-electron chi connectivity index (χ1n) is 13.5. The fraction of sp³-hybridized carbons (Fsp3) is 0.433. The Bertz CT molecular complexity index is 1360. The molecule has 1 spiro atoms. The van der Waals surface area contributed by atoms with Crippen molar-refractivity contribution in [2.24, 2.45) is 5.41 Å². The van der Waals surface area contributed by atoms with Gasteiger partial charge in [0.2, 0.25) is 5.95 Å². The predicted octanol–water partition coefficient (Wildman–Crippen LogP) is 4.53. The van der Waals surface area contributed by atoms with Gasteiger partial charge in [-0.05, 0) is 35.4 Å². The van der Waals surface area contributed by atoms with Crippen LogP contribution in [-0.2, 0) is 16.8 Å². The van der Waals surface area contributed by atoms with Crippen molar-refractivity contribution in [1.82, 2.24) is 15.3 Å². The van der Waals surface area contributed by atoms with Gasteiger partial charge in [0.25, 0.3) is 0 Å². The van der Waals surface area contributed by atoms with Gasteiger partial charge in [0.15, 0.2) is 5.82 Å². The molecule has 2 N–H and O–H groups in total. The normalized spacial score (nSPS) is 21.1. The molecule has 1 amide bonds. The van der Waals surface area contributed by atoms with Gasteiger partial charge in [-0.15, -0.1) is 0 Å². The maximum Gasteiger partial charge on any atom is 0.404 e. The van der Waals surface area contributed by atoms with Crippen LogP contribution < -0.4 is 19.7 Å². The summed E-state index contributed by atoms with van der Waals surface area (Å²) < 4.78 is 31.6. The molecule has 3 aliphatic rings. The van der Waals surface area contributed by atoms with Gasteiger partial charge in [0, 0.05) is 37.4 Å². The molecule has 3 heterocycles. The lowest BCUT2D eigenvalue weighted by Gasteiger charge is -2.54. The molecule has 6 rings (SSSR count). The molecule has 3 aromatic rings. The molecular weight excluding hydrogens is 515 g/mol. The van der Waals surface area contributed by atoms with Crippen LogP contribution in [0.15, 0.2) is 54.7 Å². The molecule has 1 aromatic heterocycles. The highest BCUT2D eigenvalue weighted by Gasteiger charge is 2.50. The molecule has 3 fully saturated rings. The van der Waals surface area contributed by atoms with E-state index in [2.05, 4.69) is 41.3 Å². The van der Waals surface area contributed by atoms with E-state index in [1.54, 1.807) is 0 Å². The standard InChI is InChI=1S/C30H33FN4O5/c1-29(2,20-5-9-23(10-6-20)40-24-11-21(12-24)33-28(36)37)19-3-7-22(8-4-19)39-14-26-25(31)13-32-27(34-26)35-15-30(16-35)17-38-18-30/h3-10,13,21,24,33H,11-12,14-18H2,1-2H3,(H,36,37)/t21-,24+. The van der Waals surface area contributed by atoms with Crippen molar-refractivity contribution < 1.29 is 28.5 Å². The fourth-order valence-electron chi connectivity index (χ4n) is 5.51. The number of carbonyl (C=O) groups is 1. The van der Waals surface area contributed by atoms with Crippen LogP contribution in [0, 0.1) is 11.2 Å². The summed E-state index contributed by atoms with van der Waals surface area (Å²) in [6.07, 6.45) is 1.59. The van der Waals surface area contributed by atoms with Crippen LogP contribution >= 0.6 is 0 Å². The third-order valence-corrected chi connectivity index (χ3v) is 8.21. The van der Waals surface area contributed by atoms with Crippen LogP contribution in [0.1, 0.15) is 43.5 Å². The summed E-state index contributed by atoms with van der Waals surface area (Å²) in [4.78, 5) is 21.3. The monoisotopic (exact) mass is 548 g/mol. The largest absolute Gasteiger partial charge is 0.490 e. The number of ether oxygens (including phenoxy) is 3. The van der Waals surface area contributed by atoms with E-state index in [-0.39, 0.29) is 35.3 Å². The average molecular weight is 549 g/mol. The van der Waals surface area contributed by atoms with Crippen LogP contribution in [0.3, 0.4) is 0 Å². The lowest BCUT2D eigenvalue weighted by molar-refractivity contribution is -0.127. The summed E-state index contributed by atoms with van der Waals surface area (Å²) in [5, 5.41) is 11.3. The number of hydrogen-bond acceptors (Lipinski definition) is 7. The Morgan fingerprint density at radius 1 is 1.10 bits per heavy atom. The zero-order chi connectivity index (χ0) is 27.9. The summed E-state index contributed by atoms with van der Waals surface area (Å²) in [7, 11) is 0. The molecule has 0 atom stereocenters. The molecule has 0 radical (unpaired) electrons. The first kappa shape index (κ1) is 26.3. The molecular formula is C30H33FN4O5. The van der Waals surface area contributed by atoms with Crippen molar-refractivity contribution in [3.8, 4) is 11.5 Å². The molecule has 2 aromatic carbocycles. The quantitative estimate of drug-likeness (QED) is 0.402. The number of amides is 1. The number of anilines is 1. The van der Waals surface area contributed by atoms with Crippen molar-refractivity contribution in [2.75, 3.05) is 31.2 Å². The van der Waals surface area contributed by atoms with E-state index in [9.17, 15) is 9.18 Å². The van der Waals surface area contributed by atoms with Crippen molar-refractivity contribution in [1.29, 1.82) is 0 Å². The molecule has 0 bridgehead atoms. The van der Waals surface area contributed by atoms with Crippen molar-refractivity contribution in [2.45, 2.75) is 50.9 Å². The number of benzene rings is 2. The van der Waals surface area contributed by atoms with Gasteiger partial charge >= 0.3 is 6.09 Å². The maximum atomic E-state index is 14.4.